The zero-order valence-corrected chi connectivity index (χ0v) is 67.6. The lowest BCUT2D eigenvalue weighted by molar-refractivity contribution is -0.161. The van der Waals surface area contributed by atoms with Crippen molar-refractivity contribution in [3.05, 3.63) is 0 Å². The number of phosphoric ester groups is 2. The highest BCUT2D eigenvalue weighted by Crippen LogP contribution is 2.45. The highest BCUT2D eigenvalue weighted by molar-refractivity contribution is 7.47. The van der Waals surface area contributed by atoms with Gasteiger partial charge in [-0.05, 0) is 49.4 Å². The van der Waals surface area contributed by atoms with E-state index in [1.807, 2.05) is 0 Å². The number of hydrogen-bond acceptors (Lipinski definition) is 15. The average Bonchev–Trinajstić information content (AvgIpc) is 0.928. The molecular weight excluding hydrogens is 1310 g/mol. The van der Waals surface area contributed by atoms with E-state index in [1.54, 1.807) is 0 Å². The molecule has 0 radical (unpaired) electrons. The molecule has 594 valence electrons. The van der Waals surface area contributed by atoms with E-state index in [9.17, 15) is 43.2 Å². The van der Waals surface area contributed by atoms with Crippen LogP contribution >= 0.6 is 15.6 Å². The monoisotopic (exact) mass is 1470 g/mol. The molecular formula is C81H158O17P2. The van der Waals surface area contributed by atoms with Crippen LogP contribution in [0.2, 0.25) is 0 Å². The first-order valence-corrected chi connectivity index (χ1v) is 44.8. The minimum absolute atomic E-state index is 0.102. The predicted octanol–water partition coefficient (Wildman–Crippen LogP) is 24.0. The Labute approximate surface area is 613 Å². The van der Waals surface area contributed by atoms with Crippen LogP contribution in [0.25, 0.3) is 0 Å². The van der Waals surface area contributed by atoms with Gasteiger partial charge in [0.05, 0.1) is 26.4 Å². The van der Waals surface area contributed by atoms with E-state index >= 15 is 0 Å². The van der Waals surface area contributed by atoms with E-state index in [-0.39, 0.29) is 25.7 Å². The minimum atomic E-state index is -4.96. The number of esters is 4. The summed E-state index contributed by atoms with van der Waals surface area (Å²) in [5, 5.41) is 10.6. The third-order valence-corrected chi connectivity index (χ3v) is 21.4. The smallest absolute Gasteiger partial charge is 0.462 e. The lowest BCUT2D eigenvalue weighted by Gasteiger charge is -2.21. The van der Waals surface area contributed by atoms with Crippen molar-refractivity contribution in [2.75, 3.05) is 39.6 Å². The van der Waals surface area contributed by atoms with Crippen molar-refractivity contribution in [3.8, 4) is 0 Å². The number of hydrogen-bond donors (Lipinski definition) is 3. The first-order valence-electron chi connectivity index (χ1n) is 41.8. The van der Waals surface area contributed by atoms with E-state index in [2.05, 4.69) is 55.4 Å². The Hall–Kier alpha value is -1.94. The number of ether oxygens (including phenoxy) is 4. The second kappa shape index (κ2) is 70.1. The molecule has 100 heavy (non-hydrogen) atoms. The second-order valence-corrected chi connectivity index (χ2v) is 33.5. The second-order valence-electron chi connectivity index (χ2n) is 30.6. The largest absolute Gasteiger partial charge is 0.472 e. The Balaban J connectivity index is 5.19. The normalized spacial score (nSPS) is 14.6. The van der Waals surface area contributed by atoms with Crippen LogP contribution in [0.15, 0.2) is 0 Å². The van der Waals surface area contributed by atoms with Crippen LogP contribution in [0.3, 0.4) is 0 Å². The molecule has 4 unspecified atom stereocenters. The third kappa shape index (κ3) is 71.7. The Morgan fingerprint density at radius 3 is 0.710 bits per heavy atom. The van der Waals surface area contributed by atoms with E-state index in [4.69, 9.17) is 37.0 Å². The molecule has 0 aromatic rings. The van der Waals surface area contributed by atoms with Crippen molar-refractivity contribution in [2.24, 2.45) is 23.7 Å². The number of aliphatic hydroxyl groups excluding tert-OH is 1. The Bertz CT molecular complexity index is 1960. The van der Waals surface area contributed by atoms with Crippen LogP contribution in [-0.2, 0) is 65.4 Å². The SMILES string of the molecule is CCC(C)CCCCCCCCCCCCCCCCCCCCC(=O)OC[C@H](COP(=O)(O)OC[C@@H](O)COP(=O)(O)OC[C@@H](COC(=O)CCCCCCCCC(C)CC)OC(=O)CCCCCCCCCC(C)C)OC(=O)CCCCCCCCCCCCCCCCCC(C)C. The Kier molecular flexibility index (Phi) is 68.7. The van der Waals surface area contributed by atoms with Crippen LogP contribution in [-0.4, -0.2) is 96.7 Å². The first kappa shape index (κ1) is 98.1. The van der Waals surface area contributed by atoms with Gasteiger partial charge in [0.25, 0.3) is 0 Å². The Morgan fingerprint density at radius 1 is 0.280 bits per heavy atom. The molecule has 0 aliphatic heterocycles. The molecule has 0 heterocycles. The lowest BCUT2D eigenvalue weighted by atomic mass is 9.99. The van der Waals surface area contributed by atoms with Gasteiger partial charge in [-0.2, -0.15) is 0 Å². The molecule has 0 fully saturated rings. The summed E-state index contributed by atoms with van der Waals surface area (Å²) in [5.41, 5.74) is 0. The zero-order valence-electron chi connectivity index (χ0n) is 65.8. The summed E-state index contributed by atoms with van der Waals surface area (Å²) in [4.78, 5) is 72.9. The number of carbonyl (C=O) groups excluding carboxylic acids is 4. The van der Waals surface area contributed by atoms with E-state index in [1.165, 1.54) is 212 Å². The summed E-state index contributed by atoms with van der Waals surface area (Å²) in [6.07, 6.45) is 57.2. The molecule has 0 saturated heterocycles. The summed E-state index contributed by atoms with van der Waals surface area (Å²) in [6.45, 7) is 14.2. The molecule has 0 amide bonds. The van der Waals surface area contributed by atoms with Gasteiger partial charge in [0.1, 0.15) is 19.3 Å². The van der Waals surface area contributed by atoms with Crippen molar-refractivity contribution in [2.45, 2.75) is 433 Å². The number of phosphoric acid groups is 2. The molecule has 3 N–H and O–H groups in total. The molecule has 7 atom stereocenters. The summed E-state index contributed by atoms with van der Waals surface area (Å²) < 4.78 is 68.6. The summed E-state index contributed by atoms with van der Waals surface area (Å²) in [5.74, 6) is 0.984. The van der Waals surface area contributed by atoms with E-state index in [0.717, 1.165) is 114 Å². The van der Waals surface area contributed by atoms with Gasteiger partial charge in [-0.25, -0.2) is 9.13 Å². The zero-order chi connectivity index (χ0) is 73.8. The Morgan fingerprint density at radius 2 is 0.480 bits per heavy atom. The molecule has 19 heteroatoms. The van der Waals surface area contributed by atoms with Crippen LogP contribution in [0.1, 0.15) is 415 Å². The fourth-order valence-corrected chi connectivity index (χ4v) is 13.9. The molecule has 0 aliphatic carbocycles. The quantitative estimate of drug-likeness (QED) is 0.0222. The molecule has 0 bridgehead atoms. The first-order chi connectivity index (χ1) is 48.2. The third-order valence-electron chi connectivity index (χ3n) is 19.5. The van der Waals surface area contributed by atoms with Gasteiger partial charge < -0.3 is 33.8 Å². The topological polar surface area (TPSA) is 237 Å². The van der Waals surface area contributed by atoms with Gasteiger partial charge in [0.15, 0.2) is 12.2 Å². The highest BCUT2D eigenvalue weighted by Gasteiger charge is 2.30. The van der Waals surface area contributed by atoms with Gasteiger partial charge in [-0.15, -0.1) is 0 Å². The van der Waals surface area contributed by atoms with Crippen molar-refractivity contribution in [1.29, 1.82) is 0 Å². The van der Waals surface area contributed by atoms with Gasteiger partial charge in [0.2, 0.25) is 0 Å². The number of carbonyl (C=O) groups is 4. The molecule has 0 rings (SSSR count). The summed E-state index contributed by atoms with van der Waals surface area (Å²) in [6, 6.07) is 0. The predicted molar refractivity (Wildman–Crippen MR) is 409 cm³/mol. The van der Waals surface area contributed by atoms with Gasteiger partial charge >= 0.3 is 39.5 Å². The van der Waals surface area contributed by atoms with Crippen molar-refractivity contribution in [1.82, 2.24) is 0 Å². The van der Waals surface area contributed by atoms with Gasteiger partial charge in [-0.3, -0.25) is 37.3 Å². The maximum absolute atomic E-state index is 13.1. The minimum Gasteiger partial charge on any atom is -0.462 e. The number of aliphatic hydroxyl groups is 1. The molecule has 0 aliphatic rings. The lowest BCUT2D eigenvalue weighted by Crippen LogP contribution is -2.30. The maximum Gasteiger partial charge on any atom is 0.472 e. The van der Waals surface area contributed by atoms with Crippen molar-refractivity contribution < 1.29 is 80.2 Å². The number of rotatable bonds is 78. The van der Waals surface area contributed by atoms with Crippen molar-refractivity contribution >= 4 is 39.5 Å². The van der Waals surface area contributed by atoms with E-state index in [0.29, 0.717) is 31.6 Å². The maximum atomic E-state index is 13.1. The number of unbranched alkanes of at least 4 members (excludes halogenated alkanes) is 42. The molecule has 0 spiro atoms. The van der Waals surface area contributed by atoms with Crippen LogP contribution in [0.5, 0.6) is 0 Å². The van der Waals surface area contributed by atoms with E-state index < -0.39 is 97.5 Å². The fourth-order valence-electron chi connectivity index (χ4n) is 12.4. The van der Waals surface area contributed by atoms with Gasteiger partial charge in [0, 0.05) is 25.7 Å². The van der Waals surface area contributed by atoms with Crippen LogP contribution < -0.4 is 0 Å². The summed E-state index contributed by atoms with van der Waals surface area (Å²) >= 11 is 0. The average molecular weight is 1470 g/mol. The molecule has 0 aromatic heterocycles. The summed E-state index contributed by atoms with van der Waals surface area (Å²) in [7, 11) is -9.92. The highest BCUT2D eigenvalue weighted by atomic mass is 31.2. The molecule has 17 nitrogen and oxygen atoms in total. The van der Waals surface area contributed by atoms with Gasteiger partial charge in [-0.1, -0.05) is 364 Å². The molecule has 0 saturated carbocycles. The fraction of sp³-hybridized carbons (Fsp3) is 0.951. The van der Waals surface area contributed by atoms with Crippen molar-refractivity contribution in [3.63, 3.8) is 0 Å². The standard InChI is InChI=1S/C81H158O17P2/c1-9-73(7)59-51-43-35-29-25-21-17-13-11-12-14-18-22-26-30-36-45-53-61-78(83)91-67-76(97-80(85)63-55-47-37-31-27-23-19-15-16-20-24-28-33-41-49-57-71(3)4)69-95-99(87,88)93-65-75(82)66-94-100(89,90)96-70-77(98-81(86)64-56-48-38-32-34-42-50-58-72(5)6)68-92-79(84)62-54-46-40-39-44-52-60-74(8)10-2/h71-77,82H,9-70H2,1-8H3,(H,87,88)(H,89,90)/t73?,74?,75-,76-,77-/m1/s1. The van der Waals surface area contributed by atoms with Crippen LogP contribution in [0.4, 0.5) is 0 Å². The van der Waals surface area contributed by atoms with Crippen LogP contribution in [0, 0.1) is 23.7 Å². The molecule has 0 aromatic carbocycles.